The Labute approximate surface area is 255 Å². The van der Waals surface area contributed by atoms with Crippen LogP contribution in [0.15, 0.2) is 42.5 Å². The maximum atomic E-state index is 14.6. The summed E-state index contributed by atoms with van der Waals surface area (Å²) in [6, 6.07) is 9.33. The Morgan fingerprint density at radius 1 is 1.09 bits per heavy atom. The molecule has 2 aliphatic heterocycles. The highest BCUT2D eigenvalue weighted by Crippen LogP contribution is 2.42. The van der Waals surface area contributed by atoms with Crippen LogP contribution in [0.1, 0.15) is 57.6 Å². The summed E-state index contributed by atoms with van der Waals surface area (Å²) in [5.41, 5.74) is 0.787. The molecule has 0 unspecified atom stereocenters. The highest BCUT2D eigenvalue weighted by molar-refractivity contribution is 7.90. The van der Waals surface area contributed by atoms with Crippen LogP contribution >= 0.6 is 0 Å². The van der Waals surface area contributed by atoms with Crippen molar-refractivity contribution in [2.24, 2.45) is 5.92 Å². The van der Waals surface area contributed by atoms with Crippen molar-refractivity contribution in [3.05, 3.63) is 71.0 Å². The van der Waals surface area contributed by atoms with E-state index in [1.165, 1.54) is 11.9 Å². The molecule has 238 valence electrons. The highest BCUT2D eigenvalue weighted by atomic mass is 32.2. The minimum Gasteiger partial charge on any atom is -0.598 e. The van der Waals surface area contributed by atoms with Crippen LogP contribution in [0.4, 0.5) is 18.0 Å². The van der Waals surface area contributed by atoms with E-state index in [9.17, 15) is 30.9 Å². The third-order valence-corrected chi connectivity index (χ3v) is 11.7. The molecule has 0 radical (unpaired) electrons. The van der Waals surface area contributed by atoms with Crippen molar-refractivity contribution in [2.45, 2.75) is 82.4 Å². The van der Waals surface area contributed by atoms with Crippen molar-refractivity contribution in [3.63, 3.8) is 0 Å². The van der Waals surface area contributed by atoms with E-state index < -0.39 is 55.7 Å². The van der Waals surface area contributed by atoms with Gasteiger partial charge in [0.2, 0.25) is 10.0 Å². The topological polar surface area (TPSA) is 102 Å². The van der Waals surface area contributed by atoms with Gasteiger partial charge in [-0.3, -0.25) is 0 Å². The monoisotopic (exact) mass is 643 g/mol. The molecule has 43 heavy (non-hydrogen) atoms. The van der Waals surface area contributed by atoms with Crippen LogP contribution in [0.3, 0.4) is 0 Å². The molecular weight excluding hydrogens is 603 g/mol. The molecule has 2 aromatic rings. The van der Waals surface area contributed by atoms with E-state index in [-0.39, 0.29) is 48.9 Å². The van der Waals surface area contributed by atoms with Crippen LogP contribution < -0.4 is 4.72 Å². The molecule has 5 atom stereocenters. The van der Waals surface area contributed by atoms with Crippen LogP contribution in [0.5, 0.6) is 0 Å². The van der Waals surface area contributed by atoms with Crippen molar-refractivity contribution >= 4 is 27.5 Å². The molecule has 0 aliphatic carbocycles. The minimum absolute atomic E-state index is 0.0302. The quantitative estimate of drug-likeness (QED) is 0.276. The Bertz CT molecular complexity index is 1360. The largest absolute Gasteiger partial charge is 0.598 e. The summed E-state index contributed by atoms with van der Waals surface area (Å²) < 4.78 is 91.6. The Kier molecular flexibility index (Phi) is 10.7. The number of carbonyl (C=O) groups excluding carboxylic acids is 1. The first-order chi connectivity index (χ1) is 20.2. The lowest BCUT2D eigenvalue weighted by Crippen LogP contribution is -2.54. The van der Waals surface area contributed by atoms with E-state index in [1.54, 1.807) is 25.1 Å². The number of piperidine rings is 1. The Hall–Kier alpha value is -2.32. The van der Waals surface area contributed by atoms with Crippen molar-refractivity contribution in [1.29, 1.82) is 0 Å². The summed E-state index contributed by atoms with van der Waals surface area (Å²) in [5.74, 6) is -3.78. The smallest absolute Gasteiger partial charge is 0.409 e. The van der Waals surface area contributed by atoms with E-state index in [4.69, 9.17) is 4.74 Å². The van der Waals surface area contributed by atoms with Crippen molar-refractivity contribution in [3.8, 4) is 0 Å². The number of hydrogen-bond donors (Lipinski definition) is 1. The summed E-state index contributed by atoms with van der Waals surface area (Å²) in [6.45, 7) is 5.41. The molecule has 0 spiro atoms. The lowest BCUT2D eigenvalue weighted by atomic mass is 9.83. The van der Waals surface area contributed by atoms with Gasteiger partial charge >= 0.3 is 6.09 Å². The number of halogens is 3. The lowest BCUT2D eigenvalue weighted by Gasteiger charge is -2.41. The molecule has 2 fully saturated rings. The number of benzene rings is 2. The van der Waals surface area contributed by atoms with E-state index in [1.807, 2.05) is 30.3 Å². The predicted octanol–water partition coefficient (Wildman–Crippen LogP) is 4.91. The summed E-state index contributed by atoms with van der Waals surface area (Å²) in [6.07, 6.45) is 1.51. The Morgan fingerprint density at radius 3 is 2.30 bits per heavy atom. The van der Waals surface area contributed by atoms with Gasteiger partial charge < -0.3 is 14.2 Å². The summed E-state index contributed by atoms with van der Waals surface area (Å²) in [5, 5.41) is 0. The SMILES string of the molecule is CN(CCS(=O)(=O)N1[C@@H]2CC[C@H]1C[C@H]([C@@H](Cc1cc(F)c(F)cc1F)N[S@@+]([O-])C(C)(C)C)C2)C(=O)OCc1ccccc1. The maximum Gasteiger partial charge on any atom is 0.409 e. The van der Waals surface area contributed by atoms with Crippen LogP contribution in [0, 0.1) is 23.4 Å². The molecular formula is C30H40F3N3O5S2. The number of nitrogens with zero attached hydrogens (tertiary/aromatic N) is 2. The van der Waals surface area contributed by atoms with Gasteiger partial charge in [-0.2, -0.15) is 4.31 Å². The number of carbonyl (C=O) groups is 1. The van der Waals surface area contributed by atoms with E-state index in [0.29, 0.717) is 31.7 Å². The van der Waals surface area contributed by atoms with Gasteiger partial charge in [-0.15, -0.1) is 4.72 Å². The third-order valence-electron chi connectivity index (χ3n) is 8.14. The van der Waals surface area contributed by atoms with Gasteiger partial charge in [-0.05, 0) is 76.0 Å². The Morgan fingerprint density at radius 2 is 1.70 bits per heavy atom. The van der Waals surface area contributed by atoms with Gasteiger partial charge in [0.15, 0.2) is 11.6 Å². The molecule has 0 saturated carbocycles. The normalized spacial score (nSPS) is 22.3. The van der Waals surface area contributed by atoms with Crippen LogP contribution in [-0.2, 0) is 39.1 Å². The van der Waals surface area contributed by atoms with Gasteiger partial charge in [-0.25, -0.2) is 26.4 Å². The lowest BCUT2D eigenvalue weighted by molar-refractivity contribution is 0.106. The van der Waals surface area contributed by atoms with Gasteiger partial charge in [0, 0.05) is 43.1 Å². The molecule has 1 amide bonds. The number of rotatable bonds is 11. The number of fused-ring (bicyclic) bond motifs is 2. The second-order valence-electron chi connectivity index (χ2n) is 12.4. The minimum atomic E-state index is -3.73. The van der Waals surface area contributed by atoms with Crippen LogP contribution in [0.25, 0.3) is 0 Å². The molecule has 2 saturated heterocycles. The first-order valence-electron chi connectivity index (χ1n) is 14.4. The first-order valence-corrected chi connectivity index (χ1v) is 17.2. The fraction of sp³-hybridized carbons (Fsp3) is 0.567. The van der Waals surface area contributed by atoms with Crippen LogP contribution in [0.2, 0.25) is 0 Å². The molecule has 2 bridgehead atoms. The second kappa shape index (κ2) is 13.8. The van der Waals surface area contributed by atoms with Crippen molar-refractivity contribution in [1.82, 2.24) is 13.9 Å². The molecule has 13 heteroatoms. The van der Waals surface area contributed by atoms with E-state index in [0.717, 1.165) is 11.6 Å². The molecule has 2 aliphatic rings. The fourth-order valence-corrected chi connectivity index (χ4v) is 8.72. The van der Waals surface area contributed by atoms with E-state index >= 15 is 0 Å². The van der Waals surface area contributed by atoms with Gasteiger partial charge in [0.25, 0.3) is 0 Å². The molecule has 0 aromatic heterocycles. The van der Waals surface area contributed by atoms with E-state index in [2.05, 4.69) is 4.72 Å². The number of sulfonamides is 1. The molecule has 1 N–H and O–H groups in total. The van der Waals surface area contributed by atoms with Gasteiger partial charge in [-0.1, -0.05) is 30.3 Å². The first kappa shape index (κ1) is 33.6. The standard InChI is InChI=1S/C30H40F3N3O5S2/c1-30(2,3)42(38)34-28(17-21-16-26(32)27(33)18-25(21)31)22-14-23-10-11-24(15-22)36(23)43(39,40)13-12-35(4)29(37)41-19-20-8-6-5-7-9-20/h5-9,16,18,22-24,28,34H,10-15,17,19H2,1-4H3/t22-,23-,24+,28-,42+/m1/s1. The molecule has 2 aromatic carbocycles. The predicted molar refractivity (Wildman–Crippen MR) is 159 cm³/mol. The zero-order chi connectivity index (χ0) is 31.5. The maximum absolute atomic E-state index is 14.6. The fourth-order valence-electron chi connectivity index (χ4n) is 5.81. The van der Waals surface area contributed by atoms with Gasteiger partial charge in [0.1, 0.15) is 17.2 Å². The molecule has 8 nitrogen and oxygen atoms in total. The zero-order valence-corrected chi connectivity index (χ0v) is 26.5. The average molecular weight is 644 g/mol. The number of ether oxygens (including phenoxy) is 1. The average Bonchev–Trinajstić information content (AvgIpc) is 3.23. The number of amides is 1. The summed E-state index contributed by atoms with van der Waals surface area (Å²) in [4.78, 5) is 13.7. The van der Waals surface area contributed by atoms with Crippen LogP contribution in [-0.4, -0.2) is 70.5 Å². The summed E-state index contributed by atoms with van der Waals surface area (Å²) >= 11 is -1.54. The number of nitrogens with one attached hydrogen (secondary N) is 1. The molecule has 4 rings (SSSR count). The molecule has 2 heterocycles. The van der Waals surface area contributed by atoms with Crippen molar-refractivity contribution < 1.29 is 35.7 Å². The third kappa shape index (κ3) is 8.44. The van der Waals surface area contributed by atoms with Crippen molar-refractivity contribution in [2.75, 3.05) is 19.3 Å². The number of hydrogen-bond acceptors (Lipinski definition) is 6. The summed E-state index contributed by atoms with van der Waals surface area (Å²) in [7, 11) is -2.24. The zero-order valence-electron chi connectivity index (χ0n) is 24.9. The highest BCUT2D eigenvalue weighted by Gasteiger charge is 2.49. The van der Waals surface area contributed by atoms with Gasteiger partial charge in [0.05, 0.1) is 11.8 Å². The second-order valence-corrected chi connectivity index (χ2v) is 16.4. The Balaban J connectivity index is 1.42.